The van der Waals surface area contributed by atoms with Gasteiger partial charge in [0.1, 0.15) is 11.7 Å². The highest BCUT2D eigenvalue weighted by atomic mass is 16.2. The Balaban J connectivity index is 1.44. The SMILES string of the molecule is CCC(NC(=O)C1CCC1C(=O)[C@@H](NC(=O)[C@@H](NC(=O)c1cnccn1)C1CCCCC1)C(C)(C)C)C(=O)C(=O)NC1CC1. The van der Waals surface area contributed by atoms with Gasteiger partial charge in [-0.2, -0.15) is 0 Å². The molecule has 0 radical (unpaired) electrons. The fraction of sp³-hybridized carbons (Fsp3) is 0.688. The maximum absolute atomic E-state index is 14.0. The zero-order valence-corrected chi connectivity index (χ0v) is 26.2. The Bertz CT molecular complexity index is 1240. The first-order valence-corrected chi connectivity index (χ1v) is 16.0. The second-order valence-corrected chi connectivity index (χ2v) is 13.5. The minimum Gasteiger partial charge on any atom is -0.347 e. The molecule has 3 fully saturated rings. The number of carbonyl (C=O) groups excluding carboxylic acids is 6. The number of ketones is 2. The Hall–Kier alpha value is -3.70. The van der Waals surface area contributed by atoms with Gasteiger partial charge in [-0.3, -0.25) is 33.8 Å². The highest BCUT2D eigenvalue weighted by Gasteiger charge is 2.48. The van der Waals surface area contributed by atoms with Crippen molar-refractivity contribution in [2.75, 3.05) is 0 Å². The van der Waals surface area contributed by atoms with E-state index in [0.29, 0.717) is 12.8 Å². The fourth-order valence-electron chi connectivity index (χ4n) is 6.09. The maximum Gasteiger partial charge on any atom is 0.289 e. The van der Waals surface area contributed by atoms with Crippen LogP contribution in [0.5, 0.6) is 0 Å². The standard InChI is InChI=1S/C32H46N6O6/c1-5-22(26(40)31(44)35-19-11-12-19)36-28(41)21-14-13-20(21)25(39)27(32(2,3)4)38-30(43)24(18-9-7-6-8-10-18)37-29(42)23-17-33-15-16-34-23/h15-22,24,27H,5-14H2,1-4H3,(H,35,44)(H,36,41)(H,37,42)(H,38,43)/t20?,21?,22?,24-,27+/m0/s1. The lowest BCUT2D eigenvalue weighted by atomic mass is 9.66. The largest absolute Gasteiger partial charge is 0.347 e. The second-order valence-electron chi connectivity index (χ2n) is 13.5. The molecule has 0 aromatic carbocycles. The Labute approximate surface area is 258 Å². The molecule has 0 bridgehead atoms. The number of hydrogen-bond donors (Lipinski definition) is 4. The normalized spacial score (nSPS) is 22.4. The Kier molecular flexibility index (Phi) is 10.9. The highest BCUT2D eigenvalue weighted by Crippen LogP contribution is 2.38. The molecule has 0 aliphatic heterocycles. The molecule has 4 amide bonds. The molecule has 3 aliphatic rings. The zero-order chi connectivity index (χ0) is 32.0. The molecule has 1 aromatic heterocycles. The molecule has 12 heteroatoms. The van der Waals surface area contributed by atoms with Crippen LogP contribution >= 0.6 is 0 Å². The molecule has 0 spiro atoms. The van der Waals surface area contributed by atoms with E-state index in [1.807, 2.05) is 20.8 Å². The smallest absolute Gasteiger partial charge is 0.289 e. The molecule has 4 rings (SSSR count). The van der Waals surface area contributed by atoms with Crippen molar-refractivity contribution in [1.29, 1.82) is 0 Å². The van der Waals surface area contributed by atoms with Crippen LogP contribution in [-0.4, -0.2) is 69.3 Å². The number of Topliss-reactive ketones (excluding diaryl/α,β-unsaturated/α-hetero) is 2. The summed E-state index contributed by atoms with van der Waals surface area (Å²) in [4.78, 5) is 87.0. The predicted octanol–water partition coefficient (Wildman–Crippen LogP) is 2.02. The minimum atomic E-state index is -0.968. The number of rotatable bonds is 13. The van der Waals surface area contributed by atoms with Crippen LogP contribution in [0.15, 0.2) is 18.6 Å². The quantitative estimate of drug-likeness (QED) is 0.245. The molecule has 0 saturated heterocycles. The van der Waals surface area contributed by atoms with E-state index in [-0.39, 0.29) is 29.9 Å². The van der Waals surface area contributed by atoms with Crippen molar-refractivity contribution < 1.29 is 28.8 Å². The van der Waals surface area contributed by atoms with Gasteiger partial charge in [-0.15, -0.1) is 0 Å². The number of aromatic nitrogens is 2. The summed E-state index contributed by atoms with van der Waals surface area (Å²) in [7, 11) is 0. The van der Waals surface area contributed by atoms with Crippen LogP contribution in [0.1, 0.15) is 102 Å². The first-order chi connectivity index (χ1) is 20.9. The molecule has 12 nitrogen and oxygen atoms in total. The van der Waals surface area contributed by atoms with E-state index >= 15 is 0 Å². The van der Waals surface area contributed by atoms with E-state index in [9.17, 15) is 28.8 Å². The van der Waals surface area contributed by atoms with E-state index in [0.717, 1.165) is 44.9 Å². The van der Waals surface area contributed by atoms with E-state index in [4.69, 9.17) is 0 Å². The Morgan fingerprint density at radius 3 is 2.09 bits per heavy atom. The molecule has 240 valence electrons. The molecule has 3 saturated carbocycles. The molecular formula is C32H46N6O6. The molecule has 3 unspecified atom stereocenters. The lowest BCUT2D eigenvalue weighted by Crippen LogP contribution is -2.60. The summed E-state index contributed by atoms with van der Waals surface area (Å²) < 4.78 is 0. The van der Waals surface area contributed by atoms with E-state index in [2.05, 4.69) is 31.2 Å². The van der Waals surface area contributed by atoms with Gasteiger partial charge in [0, 0.05) is 30.3 Å². The van der Waals surface area contributed by atoms with Crippen LogP contribution in [0.2, 0.25) is 0 Å². The van der Waals surface area contributed by atoms with E-state index in [1.54, 1.807) is 6.92 Å². The van der Waals surface area contributed by atoms with Gasteiger partial charge in [0.15, 0.2) is 5.78 Å². The van der Waals surface area contributed by atoms with Gasteiger partial charge in [0.05, 0.1) is 18.3 Å². The van der Waals surface area contributed by atoms with Crippen molar-refractivity contribution in [3.8, 4) is 0 Å². The van der Waals surface area contributed by atoms with Crippen molar-refractivity contribution in [2.24, 2.45) is 23.2 Å². The summed E-state index contributed by atoms with van der Waals surface area (Å²) >= 11 is 0. The summed E-state index contributed by atoms with van der Waals surface area (Å²) in [5.41, 5.74) is -0.583. The predicted molar refractivity (Wildman–Crippen MR) is 161 cm³/mol. The number of nitrogens with one attached hydrogen (secondary N) is 4. The van der Waals surface area contributed by atoms with Crippen LogP contribution in [0.3, 0.4) is 0 Å². The van der Waals surface area contributed by atoms with Crippen molar-refractivity contribution in [3.05, 3.63) is 24.3 Å². The zero-order valence-electron chi connectivity index (χ0n) is 26.2. The van der Waals surface area contributed by atoms with Crippen molar-refractivity contribution in [1.82, 2.24) is 31.2 Å². The van der Waals surface area contributed by atoms with Gasteiger partial charge in [0.25, 0.3) is 11.8 Å². The van der Waals surface area contributed by atoms with Crippen molar-refractivity contribution in [3.63, 3.8) is 0 Å². The monoisotopic (exact) mass is 610 g/mol. The van der Waals surface area contributed by atoms with Gasteiger partial charge in [-0.05, 0) is 56.3 Å². The fourth-order valence-corrected chi connectivity index (χ4v) is 6.09. The number of carbonyl (C=O) groups is 6. The minimum absolute atomic E-state index is 0.0240. The molecule has 5 atom stereocenters. The highest BCUT2D eigenvalue weighted by molar-refractivity contribution is 6.38. The summed E-state index contributed by atoms with van der Waals surface area (Å²) in [6.07, 6.45) is 11.6. The Morgan fingerprint density at radius 2 is 1.55 bits per heavy atom. The lowest BCUT2D eigenvalue weighted by Gasteiger charge is -2.41. The van der Waals surface area contributed by atoms with E-state index in [1.165, 1.54) is 18.6 Å². The number of amides is 4. The summed E-state index contributed by atoms with van der Waals surface area (Å²) in [6.45, 7) is 7.26. The third-order valence-electron chi connectivity index (χ3n) is 9.08. The average molecular weight is 611 g/mol. The second kappa shape index (κ2) is 14.4. The van der Waals surface area contributed by atoms with Crippen LogP contribution < -0.4 is 21.3 Å². The summed E-state index contributed by atoms with van der Waals surface area (Å²) in [5, 5.41) is 11.2. The Morgan fingerprint density at radius 1 is 0.864 bits per heavy atom. The van der Waals surface area contributed by atoms with Gasteiger partial charge in [-0.25, -0.2) is 4.98 Å². The molecule has 4 N–H and O–H groups in total. The van der Waals surface area contributed by atoms with Crippen molar-refractivity contribution >= 4 is 35.2 Å². The number of nitrogens with zero attached hydrogens (tertiary/aromatic N) is 2. The van der Waals surface area contributed by atoms with Crippen LogP contribution in [0.25, 0.3) is 0 Å². The maximum atomic E-state index is 14.0. The molecule has 44 heavy (non-hydrogen) atoms. The first kappa shape index (κ1) is 33.2. The lowest BCUT2D eigenvalue weighted by molar-refractivity contribution is -0.145. The average Bonchev–Trinajstić information content (AvgIpc) is 3.80. The molecule has 3 aliphatic carbocycles. The third-order valence-corrected chi connectivity index (χ3v) is 9.08. The van der Waals surface area contributed by atoms with Crippen LogP contribution in [0, 0.1) is 23.2 Å². The molecular weight excluding hydrogens is 564 g/mol. The van der Waals surface area contributed by atoms with Crippen LogP contribution in [0.4, 0.5) is 0 Å². The topological polar surface area (TPSA) is 176 Å². The van der Waals surface area contributed by atoms with Gasteiger partial charge in [-0.1, -0.05) is 47.0 Å². The van der Waals surface area contributed by atoms with E-state index < -0.39 is 64.8 Å². The van der Waals surface area contributed by atoms with Crippen LogP contribution in [-0.2, 0) is 24.0 Å². The van der Waals surface area contributed by atoms with Gasteiger partial charge in [0.2, 0.25) is 17.6 Å². The third kappa shape index (κ3) is 8.26. The summed E-state index contributed by atoms with van der Waals surface area (Å²) in [5.74, 6) is -4.44. The molecule has 1 heterocycles. The van der Waals surface area contributed by atoms with Gasteiger partial charge < -0.3 is 21.3 Å². The van der Waals surface area contributed by atoms with Crippen molar-refractivity contribution in [2.45, 2.75) is 116 Å². The number of hydrogen-bond acceptors (Lipinski definition) is 8. The first-order valence-electron chi connectivity index (χ1n) is 16.0. The summed E-state index contributed by atoms with van der Waals surface area (Å²) in [6, 6.07) is -2.72. The molecule has 1 aromatic rings. The van der Waals surface area contributed by atoms with Gasteiger partial charge >= 0.3 is 0 Å².